The number of imidazole rings is 1. The highest BCUT2D eigenvalue weighted by molar-refractivity contribution is 7.89. The van der Waals surface area contributed by atoms with Crippen LogP contribution in [0.2, 0.25) is 0 Å². The number of hydrogen-bond donors (Lipinski definition) is 0. The van der Waals surface area contributed by atoms with Crippen LogP contribution in [0.3, 0.4) is 0 Å². The summed E-state index contributed by atoms with van der Waals surface area (Å²) in [5.41, 5.74) is 1.00. The summed E-state index contributed by atoms with van der Waals surface area (Å²) >= 11 is 0. The van der Waals surface area contributed by atoms with Gasteiger partial charge in [-0.05, 0) is 37.5 Å². The highest BCUT2D eigenvalue weighted by atomic mass is 32.2. The van der Waals surface area contributed by atoms with E-state index in [1.165, 1.54) is 21.4 Å². The zero-order valence-electron chi connectivity index (χ0n) is 17.4. The van der Waals surface area contributed by atoms with Crippen molar-refractivity contribution in [3.8, 4) is 0 Å². The van der Waals surface area contributed by atoms with E-state index in [0.29, 0.717) is 25.4 Å². The third-order valence-corrected chi connectivity index (χ3v) is 7.36. The summed E-state index contributed by atoms with van der Waals surface area (Å²) in [5, 5.41) is -0.0177. The Bertz CT molecular complexity index is 1100. The van der Waals surface area contributed by atoms with Gasteiger partial charge in [-0.15, -0.1) is 0 Å². The highest BCUT2D eigenvalue weighted by Crippen LogP contribution is 2.24. The number of hydrogen-bond acceptors (Lipinski definition) is 5. The molecule has 4 rings (SSSR count). The monoisotopic (exact) mass is 442 g/mol. The summed E-state index contributed by atoms with van der Waals surface area (Å²) in [4.78, 5) is 19.0. The Morgan fingerprint density at radius 1 is 1.16 bits per heavy atom. The molecule has 1 saturated heterocycles. The van der Waals surface area contributed by atoms with Crippen LogP contribution in [0.25, 0.3) is 0 Å². The fraction of sp³-hybridized carbons (Fsp3) is 0.364. The van der Waals surface area contributed by atoms with E-state index in [9.17, 15) is 13.2 Å². The molecule has 9 heteroatoms. The number of aromatic nitrogens is 2. The van der Waals surface area contributed by atoms with Gasteiger partial charge in [0.15, 0.2) is 5.03 Å². The van der Waals surface area contributed by atoms with Crippen LogP contribution in [0.5, 0.6) is 0 Å². The maximum absolute atomic E-state index is 13.2. The Hall–Kier alpha value is -2.91. The van der Waals surface area contributed by atoms with Crippen LogP contribution in [0, 0.1) is 0 Å². The first-order valence-electron chi connectivity index (χ1n) is 10.3. The van der Waals surface area contributed by atoms with Crippen LogP contribution in [0.15, 0.2) is 70.7 Å². The van der Waals surface area contributed by atoms with Crippen molar-refractivity contribution in [3.05, 3.63) is 72.6 Å². The van der Waals surface area contributed by atoms with E-state index in [4.69, 9.17) is 4.42 Å². The predicted molar refractivity (Wildman–Crippen MR) is 114 cm³/mol. The lowest BCUT2D eigenvalue weighted by Crippen LogP contribution is -2.35. The second kappa shape index (κ2) is 9.07. The van der Waals surface area contributed by atoms with Crippen LogP contribution in [0.4, 0.5) is 0 Å². The zero-order chi connectivity index (χ0) is 21.8. The SMILES string of the molecule is C[C@H](c1ccccc1)N(Cc1ccco1)C(=O)Cn1cnc(S(=O)(=O)N2CCCC2)c1. The number of furan rings is 1. The lowest BCUT2D eigenvalue weighted by Gasteiger charge is -2.29. The third-order valence-electron chi connectivity index (χ3n) is 5.57. The summed E-state index contributed by atoms with van der Waals surface area (Å²) in [6.07, 6.45) is 6.13. The molecule has 0 unspecified atom stereocenters. The van der Waals surface area contributed by atoms with Gasteiger partial charge in [0.2, 0.25) is 5.91 Å². The number of benzene rings is 1. The summed E-state index contributed by atoms with van der Waals surface area (Å²) in [7, 11) is -3.61. The summed E-state index contributed by atoms with van der Waals surface area (Å²) in [6.45, 7) is 3.29. The van der Waals surface area contributed by atoms with Gasteiger partial charge in [0.1, 0.15) is 12.3 Å². The van der Waals surface area contributed by atoms with E-state index in [1.807, 2.05) is 43.3 Å². The van der Waals surface area contributed by atoms with E-state index in [2.05, 4.69) is 4.98 Å². The fourth-order valence-electron chi connectivity index (χ4n) is 3.79. The maximum Gasteiger partial charge on any atom is 0.262 e. The third kappa shape index (κ3) is 4.72. The zero-order valence-corrected chi connectivity index (χ0v) is 18.2. The number of carbonyl (C=O) groups is 1. The average molecular weight is 443 g/mol. The summed E-state index contributed by atoms with van der Waals surface area (Å²) in [6, 6.07) is 13.2. The van der Waals surface area contributed by atoms with Gasteiger partial charge in [0, 0.05) is 19.3 Å². The van der Waals surface area contributed by atoms with Gasteiger partial charge in [0.05, 0.1) is 25.2 Å². The van der Waals surface area contributed by atoms with Gasteiger partial charge in [-0.1, -0.05) is 30.3 Å². The molecule has 3 heterocycles. The molecule has 1 fully saturated rings. The Balaban J connectivity index is 1.53. The van der Waals surface area contributed by atoms with Crippen LogP contribution in [-0.4, -0.2) is 46.2 Å². The first-order chi connectivity index (χ1) is 14.9. The topological polar surface area (TPSA) is 88.6 Å². The summed E-state index contributed by atoms with van der Waals surface area (Å²) in [5.74, 6) is 0.523. The smallest absolute Gasteiger partial charge is 0.262 e. The normalized spacial score (nSPS) is 15.8. The minimum Gasteiger partial charge on any atom is -0.467 e. The molecule has 31 heavy (non-hydrogen) atoms. The first kappa shape index (κ1) is 21.3. The number of rotatable bonds is 8. The van der Waals surface area contributed by atoms with Crippen molar-refractivity contribution < 1.29 is 17.6 Å². The highest BCUT2D eigenvalue weighted by Gasteiger charge is 2.30. The maximum atomic E-state index is 13.2. The molecule has 0 aliphatic carbocycles. The van der Waals surface area contributed by atoms with Gasteiger partial charge in [-0.2, -0.15) is 4.31 Å². The van der Waals surface area contributed by atoms with Gasteiger partial charge in [0.25, 0.3) is 10.0 Å². The molecule has 0 spiro atoms. The Labute approximate surface area is 182 Å². The predicted octanol–water partition coefficient (Wildman–Crippen LogP) is 3.05. The molecule has 1 atom stereocenters. The molecule has 1 aromatic carbocycles. The second-order valence-electron chi connectivity index (χ2n) is 7.68. The van der Waals surface area contributed by atoms with Crippen molar-refractivity contribution >= 4 is 15.9 Å². The van der Waals surface area contributed by atoms with Crippen molar-refractivity contribution in [2.75, 3.05) is 13.1 Å². The molecule has 0 bridgehead atoms. The lowest BCUT2D eigenvalue weighted by atomic mass is 10.1. The van der Waals surface area contributed by atoms with Crippen molar-refractivity contribution in [3.63, 3.8) is 0 Å². The minimum atomic E-state index is -3.61. The number of carbonyl (C=O) groups excluding carboxylic acids is 1. The van der Waals surface area contributed by atoms with E-state index in [1.54, 1.807) is 17.2 Å². The summed E-state index contributed by atoms with van der Waals surface area (Å²) < 4.78 is 33.9. The quantitative estimate of drug-likeness (QED) is 0.535. The standard InChI is InChI=1S/C22H26N4O4S/c1-18(19-8-3-2-4-9-19)26(14-20-10-7-13-30-20)22(27)16-24-15-21(23-17-24)31(28,29)25-11-5-6-12-25/h2-4,7-10,13,15,17-18H,5-6,11-12,14,16H2,1H3/t18-/m1/s1. The van der Waals surface area contributed by atoms with Gasteiger partial charge in [-0.3, -0.25) is 4.79 Å². The molecule has 1 aliphatic heterocycles. The van der Waals surface area contributed by atoms with Crippen molar-refractivity contribution in [2.24, 2.45) is 0 Å². The average Bonchev–Trinajstić information content (AvgIpc) is 3.55. The van der Waals surface area contributed by atoms with E-state index in [0.717, 1.165) is 18.4 Å². The molecule has 0 N–H and O–H groups in total. The molecule has 3 aromatic rings. The number of amides is 1. The van der Waals surface area contributed by atoms with Crippen LogP contribution in [-0.2, 0) is 27.9 Å². The largest absolute Gasteiger partial charge is 0.467 e. The molecule has 0 saturated carbocycles. The lowest BCUT2D eigenvalue weighted by molar-refractivity contribution is -0.135. The molecule has 164 valence electrons. The van der Waals surface area contributed by atoms with Crippen molar-refractivity contribution in [1.82, 2.24) is 18.8 Å². The molecule has 8 nitrogen and oxygen atoms in total. The Kier molecular flexibility index (Phi) is 6.24. The van der Waals surface area contributed by atoms with E-state index >= 15 is 0 Å². The number of sulfonamides is 1. The Morgan fingerprint density at radius 3 is 2.58 bits per heavy atom. The Morgan fingerprint density at radius 2 is 1.90 bits per heavy atom. The second-order valence-corrected chi connectivity index (χ2v) is 9.57. The molecule has 2 aromatic heterocycles. The molecular weight excluding hydrogens is 416 g/mol. The van der Waals surface area contributed by atoms with Crippen LogP contribution >= 0.6 is 0 Å². The van der Waals surface area contributed by atoms with Crippen LogP contribution in [0.1, 0.15) is 37.1 Å². The van der Waals surface area contributed by atoms with Gasteiger partial charge in [-0.25, -0.2) is 13.4 Å². The molecular formula is C22H26N4O4S. The van der Waals surface area contributed by atoms with Crippen molar-refractivity contribution in [1.29, 1.82) is 0 Å². The number of nitrogens with zero attached hydrogens (tertiary/aromatic N) is 4. The van der Waals surface area contributed by atoms with Gasteiger partial charge < -0.3 is 13.9 Å². The molecule has 0 radical (unpaired) electrons. The van der Waals surface area contributed by atoms with Gasteiger partial charge >= 0.3 is 0 Å². The minimum absolute atomic E-state index is 0.0135. The van der Waals surface area contributed by atoms with E-state index in [-0.39, 0.29) is 23.5 Å². The fourth-order valence-corrected chi connectivity index (χ4v) is 5.24. The molecule has 1 amide bonds. The van der Waals surface area contributed by atoms with Crippen LogP contribution < -0.4 is 0 Å². The van der Waals surface area contributed by atoms with Crippen molar-refractivity contribution in [2.45, 2.75) is 43.9 Å². The first-order valence-corrected chi connectivity index (χ1v) is 11.8. The van der Waals surface area contributed by atoms with E-state index < -0.39 is 10.0 Å². The molecule has 1 aliphatic rings.